The molecule has 8 heteroatoms. The number of nitrogens with one attached hydrogen (secondary N) is 1. The second-order valence-electron chi connectivity index (χ2n) is 6.73. The topological polar surface area (TPSA) is 94.6 Å². The number of nitrogens with zero attached hydrogens (tertiary/aromatic N) is 4. The average Bonchev–Trinajstić information content (AvgIpc) is 3.44. The van der Waals surface area contributed by atoms with E-state index in [0.717, 1.165) is 16.5 Å². The molecular weight excluding hydrogens is 382 g/mol. The third-order valence-electron chi connectivity index (χ3n) is 4.74. The van der Waals surface area contributed by atoms with Crippen molar-refractivity contribution < 1.29 is 13.9 Å². The standard InChI is InChI=1S/C22H17N5O3/c1-14-17-5-2-3-6-18(17)21-25-24-20(27(21)26-14)13-30-16-10-8-15(9-11-16)23-22(28)19-7-4-12-29-19/h2-12H,13H2,1H3,(H,23,28). The summed E-state index contributed by atoms with van der Waals surface area (Å²) in [5, 5.41) is 18.0. The lowest BCUT2D eigenvalue weighted by Crippen LogP contribution is -2.10. The molecular formula is C22H17N5O3. The minimum atomic E-state index is -0.308. The van der Waals surface area contributed by atoms with Crippen LogP contribution in [0.1, 0.15) is 22.1 Å². The molecule has 0 fully saturated rings. The van der Waals surface area contributed by atoms with Gasteiger partial charge in [-0.25, -0.2) is 0 Å². The lowest BCUT2D eigenvalue weighted by Gasteiger charge is -2.08. The first-order valence-corrected chi connectivity index (χ1v) is 9.36. The molecule has 148 valence electrons. The average molecular weight is 399 g/mol. The van der Waals surface area contributed by atoms with Crippen molar-refractivity contribution in [1.29, 1.82) is 0 Å². The van der Waals surface area contributed by atoms with Gasteiger partial charge in [0.15, 0.2) is 17.2 Å². The first-order chi connectivity index (χ1) is 14.7. The number of aromatic nitrogens is 4. The van der Waals surface area contributed by atoms with E-state index in [0.29, 0.717) is 22.9 Å². The van der Waals surface area contributed by atoms with Crippen LogP contribution in [0.3, 0.4) is 0 Å². The molecule has 30 heavy (non-hydrogen) atoms. The number of rotatable bonds is 5. The summed E-state index contributed by atoms with van der Waals surface area (Å²) in [6.07, 6.45) is 1.46. The van der Waals surface area contributed by atoms with Gasteiger partial charge in [0.1, 0.15) is 12.4 Å². The highest BCUT2D eigenvalue weighted by molar-refractivity contribution is 6.02. The summed E-state index contributed by atoms with van der Waals surface area (Å²) in [5.41, 5.74) is 2.24. The van der Waals surface area contributed by atoms with Gasteiger partial charge in [-0.1, -0.05) is 24.3 Å². The second-order valence-corrected chi connectivity index (χ2v) is 6.73. The van der Waals surface area contributed by atoms with Crippen LogP contribution in [-0.2, 0) is 6.61 Å². The molecule has 0 saturated carbocycles. The minimum absolute atomic E-state index is 0.212. The van der Waals surface area contributed by atoms with E-state index >= 15 is 0 Å². The van der Waals surface area contributed by atoms with E-state index in [1.54, 1.807) is 40.9 Å². The van der Waals surface area contributed by atoms with Crippen molar-refractivity contribution in [1.82, 2.24) is 19.8 Å². The van der Waals surface area contributed by atoms with Gasteiger partial charge in [-0.05, 0) is 43.3 Å². The summed E-state index contributed by atoms with van der Waals surface area (Å²) < 4.78 is 12.6. The molecule has 0 radical (unpaired) electrons. The number of hydrogen-bond acceptors (Lipinski definition) is 6. The van der Waals surface area contributed by atoms with Crippen molar-refractivity contribution in [2.45, 2.75) is 13.5 Å². The summed E-state index contributed by atoms with van der Waals surface area (Å²) in [6.45, 7) is 2.17. The molecule has 3 aromatic heterocycles. The van der Waals surface area contributed by atoms with Crippen LogP contribution in [0.2, 0.25) is 0 Å². The van der Waals surface area contributed by atoms with E-state index in [9.17, 15) is 4.79 Å². The number of benzene rings is 2. The molecule has 0 bridgehead atoms. The van der Waals surface area contributed by atoms with E-state index in [-0.39, 0.29) is 18.3 Å². The number of aryl methyl sites for hydroxylation is 1. The van der Waals surface area contributed by atoms with Crippen LogP contribution in [-0.4, -0.2) is 25.7 Å². The lowest BCUT2D eigenvalue weighted by molar-refractivity contribution is 0.0996. The number of anilines is 1. The normalized spacial score (nSPS) is 11.1. The van der Waals surface area contributed by atoms with Crippen LogP contribution in [0.15, 0.2) is 71.3 Å². The number of hydrogen-bond donors (Lipinski definition) is 1. The molecule has 5 rings (SSSR count). The largest absolute Gasteiger partial charge is 0.486 e. The van der Waals surface area contributed by atoms with Gasteiger partial charge in [0.25, 0.3) is 5.91 Å². The third kappa shape index (κ3) is 3.24. The van der Waals surface area contributed by atoms with E-state index in [4.69, 9.17) is 9.15 Å². The number of carbonyl (C=O) groups is 1. The zero-order valence-corrected chi connectivity index (χ0v) is 16.1. The summed E-state index contributed by atoms with van der Waals surface area (Å²) in [6, 6.07) is 18.3. The van der Waals surface area contributed by atoms with Crippen LogP contribution >= 0.6 is 0 Å². The molecule has 5 aromatic rings. The maximum absolute atomic E-state index is 12.0. The SMILES string of the molecule is Cc1nn2c(COc3ccc(NC(=O)c4ccco4)cc3)nnc2c2ccccc12. The van der Waals surface area contributed by atoms with E-state index in [1.165, 1.54) is 6.26 Å². The Morgan fingerprint density at radius 2 is 1.83 bits per heavy atom. The molecule has 2 aromatic carbocycles. The number of furan rings is 1. The van der Waals surface area contributed by atoms with Gasteiger partial charge >= 0.3 is 0 Å². The van der Waals surface area contributed by atoms with Gasteiger partial charge in [0.2, 0.25) is 0 Å². The van der Waals surface area contributed by atoms with E-state index in [1.807, 2.05) is 31.2 Å². The Balaban J connectivity index is 1.31. The number of ether oxygens (including phenoxy) is 1. The Hall–Kier alpha value is -4.20. The van der Waals surface area contributed by atoms with Crippen LogP contribution < -0.4 is 10.1 Å². The fraction of sp³-hybridized carbons (Fsp3) is 0.0909. The Bertz CT molecular complexity index is 1340. The Morgan fingerprint density at radius 3 is 2.60 bits per heavy atom. The highest BCUT2D eigenvalue weighted by atomic mass is 16.5. The number of fused-ring (bicyclic) bond motifs is 3. The molecule has 1 N–H and O–H groups in total. The van der Waals surface area contributed by atoms with Gasteiger partial charge in [-0.2, -0.15) is 9.61 Å². The highest BCUT2D eigenvalue weighted by Gasteiger charge is 2.13. The van der Waals surface area contributed by atoms with E-state index < -0.39 is 0 Å². The van der Waals surface area contributed by atoms with Crippen molar-refractivity contribution in [3.8, 4) is 5.75 Å². The van der Waals surface area contributed by atoms with Crippen LogP contribution in [0.4, 0.5) is 5.69 Å². The summed E-state index contributed by atoms with van der Waals surface area (Å²) in [5.74, 6) is 1.19. The fourth-order valence-corrected chi connectivity index (χ4v) is 3.26. The fourth-order valence-electron chi connectivity index (χ4n) is 3.26. The van der Waals surface area contributed by atoms with Crippen LogP contribution in [0, 0.1) is 6.92 Å². The molecule has 0 atom stereocenters. The van der Waals surface area contributed by atoms with Crippen molar-refractivity contribution in [3.63, 3.8) is 0 Å². The molecule has 0 saturated heterocycles. The van der Waals surface area contributed by atoms with E-state index in [2.05, 4.69) is 20.6 Å². The molecule has 0 spiro atoms. The number of amides is 1. The van der Waals surface area contributed by atoms with Crippen molar-refractivity contribution >= 4 is 28.0 Å². The zero-order chi connectivity index (χ0) is 20.5. The molecule has 1 amide bonds. The quantitative estimate of drug-likeness (QED) is 0.480. The highest BCUT2D eigenvalue weighted by Crippen LogP contribution is 2.22. The predicted octanol–water partition coefficient (Wildman–Crippen LogP) is 4.01. The van der Waals surface area contributed by atoms with Gasteiger partial charge in [0.05, 0.1) is 12.0 Å². The van der Waals surface area contributed by atoms with Gasteiger partial charge in [-0.3, -0.25) is 4.79 Å². The van der Waals surface area contributed by atoms with Crippen molar-refractivity contribution in [2.24, 2.45) is 0 Å². The van der Waals surface area contributed by atoms with Gasteiger partial charge in [-0.15, -0.1) is 10.2 Å². The lowest BCUT2D eigenvalue weighted by atomic mass is 10.1. The monoisotopic (exact) mass is 399 g/mol. The summed E-state index contributed by atoms with van der Waals surface area (Å²) >= 11 is 0. The maximum Gasteiger partial charge on any atom is 0.291 e. The Morgan fingerprint density at radius 1 is 1.03 bits per heavy atom. The van der Waals surface area contributed by atoms with Crippen LogP contribution in [0.5, 0.6) is 5.75 Å². The van der Waals surface area contributed by atoms with Crippen LogP contribution in [0.25, 0.3) is 16.4 Å². The summed E-state index contributed by atoms with van der Waals surface area (Å²) in [4.78, 5) is 12.0. The summed E-state index contributed by atoms with van der Waals surface area (Å²) in [7, 11) is 0. The van der Waals surface area contributed by atoms with Crippen molar-refractivity contribution in [3.05, 3.63) is 84.2 Å². The maximum atomic E-state index is 12.0. The molecule has 3 heterocycles. The molecule has 0 unspecified atom stereocenters. The smallest absolute Gasteiger partial charge is 0.291 e. The first kappa shape index (κ1) is 17.9. The molecule has 0 aliphatic rings. The second kappa shape index (κ2) is 7.32. The Kier molecular flexibility index (Phi) is 4.36. The zero-order valence-electron chi connectivity index (χ0n) is 16.1. The molecule has 8 nitrogen and oxygen atoms in total. The number of carbonyl (C=O) groups excluding carboxylic acids is 1. The molecule has 0 aliphatic carbocycles. The first-order valence-electron chi connectivity index (χ1n) is 9.36. The third-order valence-corrected chi connectivity index (χ3v) is 4.74. The minimum Gasteiger partial charge on any atom is -0.486 e. The van der Waals surface area contributed by atoms with Gasteiger partial charge < -0.3 is 14.5 Å². The Labute approximate surface area is 171 Å². The van der Waals surface area contributed by atoms with Crippen molar-refractivity contribution in [2.75, 3.05) is 5.32 Å². The molecule has 0 aliphatic heterocycles. The van der Waals surface area contributed by atoms with Gasteiger partial charge in [0, 0.05) is 16.5 Å². The predicted molar refractivity (Wildman–Crippen MR) is 110 cm³/mol.